The highest BCUT2D eigenvalue weighted by Gasteiger charge is 2.22. The van der Waals surface area contributed by atoms with Gasteiger partial charge in [0.25, 0.3) is 0 Å². The van der Waals surface area contributed by atoms with Crippen LogP contribution in [0.4, 0.5) is 4.79 Å². The standard InChI is InChI=1S/C15H29NO2.C7H12N2/c1-5-13(11-12-9-7-6-8-10-12)16-14(17)18-15(2,3)4;1-2-9-5-3-4-7(9)6-8/h12-13H,5-11H2,1-4H3,(H,16,17);7H,2-5H2,1H3. The number of alkyl carbamates (subject to hydrolysis) is 1. The molecule has 2 fully saturated rings. The Morgan fingerprint density at radius 2 is 1.85 bits per heavy atom. The van der Waals surface area contributed by atoms with E-state index in [9.17, 15) is 4.79 Å². The minimum absolute atomic E-state index is 0.218. The van der Waals surface area contributed by atoms with Crippen LogP contribution in [0.1, 0.15) is 92.4 Å². The van der Waals surface area contributed by atoms with Crippen LogP contribution < -0.4 is 5.32 Å². The molecule has 1 amide bonds. The summed E-state index contributed by atoms with van der Waals surface area (Å²) in [5.74, 6) is 0.790. The van der Waals surface area contributed by atoms with Crippen molar-refractivity contribution in [3.8, 4) is 6.07 Å². The van der Waals surface area contributed by atoms with Gasteiger partial charge in [-0.05, 0) is 65.5 Å². The van der Waals surface area contributed by atoms with Crippen molar-refractivity contribution in [3.63, 3.8) is 0 Å². The molecule has 156 valence electrons. The van der Waals surface area contributed by atoms with Crippen LogP contribution in [0.2, 0.25) is 0 Å². The van der Waals surface area contributed by atoms with Crippen molar-refractivity contribution >= 4 is 6.09 Å². The van der Waals surface area contributed by atoms with Crippen LogP contribution in [-0.2, 0) is 4.74 Å². The van der Waals surface area contributed by atoms with Gasteiger partial charge in [-0.1, -0.05) is 46.0 Å². The fourth-order valence-electron chi connectivity index (χ4n) is 3.98. The molecule has 27 heavy (non-hydrogen) atoms. The molecule has 0 radical (unpaired) electrons. The SMILES string of the molecule is CCC(CC1CCCCC1)NC(=O)OC(C)(C)C.CCN1CCCC1C#N. The quantitative estimate of drug-likeness (QED) is 0.708. The lowest BCUT2D eigenvalue weighted by Crippen LogP contribution is -2.39. The number of nitriles is 1. The minimum Gasteiger partial charge on any atom is -0.444 e. The first kappa shape index (κ1) is 23.8. The number of carbonyl (C=O) groups is 1. The summed E-state index contributed by atoms with van der Waals surface area (Å²) in [6.45, 7) is 12.1. The summed E-state index contributed by atoms with van der Waals surface area (Å²) in [6.07, 6.45) is 10.8. The highest BCUT2D eigenvalue weighted by Crippen LogP contribution is 2.28. The molecule has 0 bridgehead atoms. The Labute approximate surface area is 166 Å². The van der Waals surface area contributed by atoms with Crippen LogP contribution in [0.25, 0.3) is 0 Å². The number of hydrogen-bond acceptors (Lipinski definition) is 4. The summed E-state index contributed by atoms with van der Waals surface area (Å²) in [5.41, 5.74) is -0.410. The Hall–Kier alpha value is -1.28. The van der Waals surface area contributed by atoms with Gasteiger partial charge in [-0.15, -0.1) is 0 Å². The van der Waals surface area contributed by atoms with Crippen molar-refractivity contribution in [2.75, 3.05) is 13.1 Å². The lowest BCUT2D eigenvalue weighted by atomic mass is 9.84. The van der Waals surface area contributed by atoms with Crippen LogP contribution in [0.5, 0.6) is 0 Å². The van der Waals surface area contributed by atoms with Crippen LogP contribution in [0, 0.1) is 17.2 Å². The molecular formula is C22H41N3O2. The van der Waals surface area contributed by atoms with E-state index >= 15 is 0 Å². The normalized spacial score (nSPS) is 22.3. The van der Waals surface area contributed by atoms with Gasteiger partial charge < -0.3 is 10.1 Å². The molecule has 2 aliphatic rings. The number of rotatable bonds is 5. The van der Waals surface area contributed by atoms with Crippen molar-refractivity contribution in [1.82, 2.24) is 10.2 Å². The van der Waals surface area contributed by atoms with Gasteiger partial charge in [0, 0.05) is 6.04 Å². The number of amides is 1. The van der Waals surface area contributed by atoms with Gasteiger partial charge in [0.2, 0.25) is 0 Å². The predicted octanol–water partition coefficient (Wildman–Crippen LogP) is 5.25. The highest BCUT2D eigenvalue weighted by molar-refractivity contribution is 5.68. The van der Waals surface area contributed by atoms with Crippen molar-refractivity contribution in [2.24, 2.45) is 5.92 Å². The van der Waals surface area contributed by atoms with Crippen molar-refractivity contribution < 1.29 is 9.53 Å². The molecule has 0 aromatic carbocycles. The van der Waals surface area contributed by atoms with E-state index in [0.29, 0.717) is 0 Å². The lowest BCUT2D eigenvalue weighted by Gasteiger charge is -2.27. The van der Waals surface area contributed by atoms with Crippen LogP contribution in [0.3, 0.4) is 0 Å². The molecule has 2 rings (SSSR count). The number of carbonyl (C=O) groups excluding carboxylic acids is 1. The molecule has 1 aliphatic heterocycles. The number of nitrogens with zero attached hydrogens (tertiary/aromatic N) is 2. The zero-order valence-corrected chi connectivity index (χ0v) is 18.2. The molecule has 5 heteroatoms. The molecule has 5 nitrogen and oxygen atoms in total. The fourth-order valence-corrected chi connectivity index (χ4v) is 3.98. The van der Waals surface area contributed by atoms with Crippen molar-refractivity contribution in [2.45, 2.75) is 110 Å². The Morgan fingerprint density at radius 1 is 1.19 bits per heavy atom. The van der Waals surface area contributed by atoms with Gasteiger partial charge in [0.1, 0.15) is 5.60 Å². The molecule has 0 aromatic rings. The zero-order valence-electron chi connectivity index (χ0n) is 18.2. The first-order valence-electron chi connectivity index (χ1n) is 10.9. The maximum absolute atomic E-state index is 11.7. The van der Waals surface area contributed by atoms with Crippen LogP contribution in [-0.4, -0.2) is 41.8 Å². The molecule has 1 saturated carbocycles. The predicted molar refractivity (Wildman–Crippen MR) is 111 cm³/mol. The Bertz CT molecular complexity index is 461. The third-order valence-electron chi connectivity index (χ3n) is 5.48. The molecule has 2 unspecified atom stereocenters. The Morgan fingerprint density at radius 3 is 2.33 bits per heavy atom. The van der Waals surface area contributed by atoms with E-state index in [1.54, 1.807) is 0 Å². The van der Waals surface area contributed by atoms with E-state index in [1.165, 1.54) is 38.5 Å². The first-order chi connectivity index (χ1) is 12.8. The van der Waals surface area contributed by atoms with E-state index in [1.807, 2.05) is 20.8 Å². The molecule has 1 aliphatic carbocycles. The Kier molecular flexibility index (Phi) is 10.8. The third-order valence-corrected chi connectivity index (χ3v) is 5.48. The maximum Gasteiger partial charge on any atom is 0.407 e. The van der Waals surface area contributed by atoms with Crippen molar-refractivity contribution in [3.05, 3.63) is 0 Å². The number of likely N-dealkylation sites (tertiary alicyclic amines) is 1. The van der Waals surface area contributed by atoms with E-state index in [-0.39, 0.29) is 18.2 Å². The molecule has 1 N–H and O–H groups in total. The van der Waals surface area contributed by atoms with Gasteiger partial charge >= 0.3 is 6.09 Å². The summed E-state index contributed by atoms with van der Waals surface area (Å²) < 4.78 is 5.31. The Balaban J connectivity index is 0.000000337. The van der Waals surface area contributed by atoms with E-state index in [4.69, 9.17) is 10.00 Å². The number of ether oxygens (including phenoxy) is 1. The highest BCUT2D eigenvalue weighted by atomic mass is 16.6. The summed E-state index contributed by atoms with van der Waals surface area (Å²) in [6, 6.07) is 2.78. The second-order valence-electron chi connectivity index (χ2n) is 8.91. The van der Waals surface area contributed by atoms with Gasteiger partial charge in [-0.3, -0.25) is 4.90 Å². The maximum atomic E-state index is 11.7. The molecule has 1 heterocycles. The second-order valence-corrected chi connectivity index (χ2v) is 8.91. The summed E-state index contributed by atoms with van der Waals surface area (Å²) in [5, 5.41) is 11.6. The third kappa shape index (κ3) is 10.0. The monoisotopic (exact) mass is 379 g/mol. The summed E-state index contributed by atoms with van der Waals surface area (Å²) in [7, 11) is 0. The largest absolute Gasteiger partial charge is 0.444 e. The molecule has 2 atom stereocenters. The molecular weight excluding hydrogens is 338 g/mol. The van der Waals surface area contributed by atoms with Crippen LogP contribution in [0.15, 0.2) is 0 Å². The van der Waals surface area contributed by atoms with Gasteiger partial charge in [0.05, 0.1) is 12.1 Å². The topological polar surface area (TPSA) is 65.4 Å². The molecule has 1 saturated heterocycles. The van der Waals surface area contributed by atoms with Gasteiger partial charge in [0.15, 0.2) is 0 Å². The van der Waals surface area contributed by atoms with E-state index in [2.05, 4.69) is 30.1 Å². The smallest absolute Gasteiger partial charge is 0.407 e. The van der Waals surface area contributed by atoms with Gasteiger partial charge in [-0.25, -0.2) is 4.79 Å². The zero-order chi connectivity index (χ0) is 20.3. The van der Waals surface area contributed by atoms with Gasteiger partial charge in [-0.2, -0.15) is 5.26 Å². The number of hydrogen-bond donors (Lipinski definition) is 1. The average Bonchev–Trinajstić information content (AvgIpc) is 3.08. The summed E-state index contributed by atoms with van der Waals surface area (Å²) >= 11 is 0. The fraction of sp³-hybridized carbons (Fsp3) is 0.909. The lowest BCUT2D eigenvalue weighted by molar-refractivity contribution is 0.0493. The minimum atomic E-state index is -0.410. The van der Waals surface area contributed by atoms with E-state index in [0.717, 1.165) is 38.3 Å². The second kappa shape index (κ2) is 12.2. The van der Waals surface area contributed by atoms with E-state index < -0.39 is 5.60 Å². The molecule has 0 spiro atoms. The van der Waals surface area contributed by atoms with Crippen molar-refractivity contribution in [1.29, 1.82) is 5.26 Å². The average molecular weight is 380 g/mol. The van der Waals surface area contributed by atoms with Crippen LogP contribution >= 0.6 is 0 Å². The first-order valence-corrected chi connectivity index (χ1v) is 10.9. The number of nitrogens with one attached hydrogen (secondary N) is 1. The summed E-state index contributed by atoms with van der Waals surface area (Å²) in [4.78, 5) is 14.0. The molecule has 0 aromatic heterocycles.